The van der Waals surface area contributed by atoms with Gasteiger partial charge in [-0.25, -0.2) is 8.42 Å². The van der Waals surface area contributed by atoms with Crippen LogP contribution in [0, 0.1) is 6.92 Å². The van der Waals surface area contributed by atoms with Gasteiger partial charge in [0.2, 0.25) is 10.0 Å². The Morgan fingerprint density at radius 2 is 1.64 bits per heavy atom. The molecule has 1 aliphatic rings. The molecule has 1 aliphatic heterocycles. The average Bonchev–Trinajstić information content (AvgIpc) is 2.63. The summed E-state index contributed by atoms with van der Waals surface area (Å²) in [6.07, 6.45) is 1.38. The van der Waals surface area contributed by atoms with E-state index in [2.05, 4.69) is 0 Å². The van der Waals surface area contributed by atoms with Gasteiger partial charge >= 0.3 is 0 Å². The summed E-state index contributed by atoms with van der Waals surface area (Å²) >= 11 is 0. The van der Waals surface area contributed by atoms with Crippen LogP contribution in [0.1, 0.15) is 18.4 Å². The molecule has 2 aromatic carbocycles. The predicted molar refractivity (Wildman–Crippen MR) is 96.6 cm³/mol. The Morgan fingerprint density at radius 3 is 2.24 bits per heavy atom. The number of methoxy groups -OCH3 is 1. The molecule has 0 unspecified atom stereocenters. The van der Waals surface area contributed by atoms with E-state index in [9.17, 15) is 8.42 Å². The Morgan fingerprint density at radius 1 is 1.00 bits per heavy atom. The second-order valence-corrected chi connectivity index (χ2v) is 8.15. The Kier molecular flexibility index (Phi) is 5.30. The third kappa shape index (κ3) is 4.14. The fraction of sp³-hybridized carbons (Fsp3) is 0.368. The number of ether oxygens (including phenoxy) is 2. The summed E-state index contributed by atoms with van der Waals surface area (Å²) < 4.78 is 38.1. The van der Waals surface area contributed by atoms with E-state index in [1.165, 1.54) is 0 Å². The van der Waals surface area contributed by atoms with Gasteiger partial charge in [-0.15, -0.1) is 0 Å². The molecule has 1 heterocycles. The highest BCUT2D eigenvalue weighted by Crippen LogP contribution is 2.25. The molecule has 6 heteroatoms. The molecule has 134 valence electrons. The lowest BCUT2D eigenvalue weighted by atomic mass is 10.1. The molecule has 0 aromatic heterocycles. The maximum absolute atomic E-state index is 12.7. The fourth-order valence-corrected chi connectivity index (χ4v) is 4.54. The number of benzene rings is 2. The topological polar surface area (TPSA) is 55.8 Å². The van der Waals surface area contributed by atoms with Gasteiger partial charge in [-0.2, -0.15) is 4.31 Å². The van der Waals surface area contributed by atoms with Crippen molar-refractivity contribution >= 4 is 10.0 Å². The Labute approximate surface area is 149 Å². The third-order valence-electron chi connectivity index (χ3n) is 4.39. The summed E-state index contributed by atoms with van der Waals surface area (Å²) in [4.78, 5) is 0.363. The van der Waals surface area contributed by atoms with Crippen molar-refractivity contribution in [3.05, 3.63) is 54.1 Å². The van der Waals surface area contributed by atoms with Crippen molar-refractivity contribution in [2.24, 2.45) is 0 Å². The van der Waals surface area contributed by atoms with Crippen LogP contribution in [-0.2, 0) is 10.0 Å². The van der Waals surface area contributed by atoms with E-state index in [4.69, 9.17) is 9.47 Å². The van der Waals surface area contributed by atoms with Gasteiger partial charge in [0.1, 0.15) is 17.6 Å². The lowest BCUT2D eigenvalue weighted by molar-refractivity contribution is 0.135. The standard InChI is InChI=1S/C19H23NO4S/c1-15-4-3-5-19(14-15)25(21,22)20-12-10-18(11-13-20)24-17-8-6-16(23-2)7-9-17/h3-9,14,18H,10-13H2,1-2H3. The van der Waals surface area contributed by atoms with Crippen molar-refractivity contribution in [2.75, 3.05) is 20.2 Å². The molecule has 5 nitrogen and oxygen atoms in total. The molecule has 0 N–H and O–H groups in total. The Balaban J connectivity index is 1.61. The summed E-state index contributed by atoms with van der Waals surface area (Å²) in [6.45, 7) is 2.84. The molecule has 1 fully saturated rings. The Hall–Kier alpha value is -2.05. The monoisotopic (exact) mass is 361 g/mol. The highest BCUT2D eigenvalue weighted by Gasteiger charge is 2.30. The first kappa shape index (κ1) is 17.8. The molecule has 0 saturated carbocycles. The van der Waals surface area contributed by atoms with Crippen molar-refractivity contribution in [3.8, 4) is 11.5 Å². The maximum atomic E-state index is 12.7. The number of hydrogen-bond acceptors (Lipinski definition) is 4. The highest BCUT2D eigenvalue weighted by molar-refractivity contribution is 7.89. The minimum atomic E-state index is -3.43. The van der Waals surface area contributed by atoms with Crippen LogP contribution in [0.25, 0.3) is 0 Å². The number of piperidine rings is 1. The van der Waals surface area contributed by atoms with E-state index < -0.39 is 10.0 Å². The number of sulfonamides is 1. The minimum absolute atomic E-state index is 0.0253. The normalized spacial score (nSPS) is 16.6. The highest BCUT2D eigenvalue weighted by atomic mass is 32.2. The first-order chi connectivity index (χ1) is 12.0. The van der Waals surface area contributed by atoms with Gasteiger partial charge < -0.3 is 9.47 Å². The molecular weight excluding hydrogens is 338 g/mol. The van der Waals surface area contributed by atoms with Crippen LogP contribution >= 0.6 is 0 Å². The van der Waals surface area contributed by atoms with Crippen molar-refractivity contribution in [1.82, 2.24) is 4.31 Å². The summed E-state index contributed by atoms with van der Waals surface area (Å²) in [6, 6.07) is 14.5. The largest absolute Gasteiger partial charge is 0.497 e. The maximum Gasteiger partial charge on any atom is 0.243 e. The van der Waals surface area contributed by atoms with E-state index in [0.717, 1.165) is 17.1 Å². The number of hydrogen-bond donors (Lipinski definition) is 0. The molecular formula is C19H23NO4S. The summed E-state index contributed by atoms with van der Waals surface area (Å²) in [5.41, 5.74) is 0.943. The Bertz CT molecular complexity index is 810. The smallest absolute Gasteiger partial charge is 0.243 e. The molecule has 0 aliphatic carbocycles. The lowest BCUT2D eigenvalue weighted by Gasteiger charge is -2.31. The number of aryl methyl sites for hydroxylation is 1. The zero-order valence-electron chi connectivity index (χ0n) is 14.5. The average molecular weight is 361 g/mol. The van der Waals surface area contributed by atoms with Crippen LogP contribution in [-0.4, -0.2) is 39.0 Å². The van der Waals surface area contributed by atoms with Gasteiger partial charge in [0.25, 0.3) is 0 Å². The first-order valence-corrected chi connectivity index (χ1v) is 9.80. The summed E-state index contributed by atoms with van der Waals surface area (Å²) in [7, 11) is -1.80. The van der Waals surface area contributed by atoms with Crippen LogP contribution in [0.15, 0.2) is 53.4 Å². The molecule has 25 heavy (non-hydrogen) atoms. The van der Waals surface area contributed by atoms with Gasteiger partial charge in [-0.1, -0.05) is 12.1 Å². The van der Waals surface area contributed by atoms with Crippen LogP contribution < -0.4 is 9.47 Å². The lowest BCUT2D eigenvalue weighted by Crippen LogP contribution is -2.41. The van der Waals surface area contributed by atoms with Gasteiger partial charge in [-0.05, 0) is 61.7 Å². The molecule has 3 rings (SSSR count). The van der Waals surface area contributed by atoms with Crippen LogP contribution in [0.4, 0.5) is 0 Å². The van der Waals surface area contributed by atoms with Gasteiger partial charge in [-0.3, -0.25) is 0 Å². The summed E-state index contributed by atoms with van der Waals surface area (Å²) in [5.74, 6) is 1.56. The van der Waals surface area contributed by atoms with Crippen molar-refractivity contribution in [2.45, 2.75) is 30.8 Å². The van der Waals surface area contributed by atoms with E-state index >= 15 is 0 Å². The molecule has 0 spiro atoms. The van der Waals surface area contributed by atoms with E-state index in [1.54, 1.807) is 29.6 Å². The van der Waals surface area contributed by atoms with E-state index in [1.807, 2.05) is 37.3 Å². The number of rotatable bonds is 5. The van der Waals surface area contributed by atoms with Crippen molar-refractivity contribution in [3.63, 3.8) is 0 Å². The molecule has 0 bridgehead atoms. The van der Waals surface area contributed by atoms with Crippen LogP contribution in [0.2, 0.25) is 0 Å². The van der Waals surface area contributed by atoms with Crippen LogP contribution in [0.3, 0.4) is 0 Å². The van der Waals surface area contributed by atoms with Crippen molar-refractivity contribution in [1.29, 1.82) is 0 Å². The van der Waals surface area contributed by atoms with Gasteiger partial charge in [0.05, 0.1) is 12.0 Å². The predicted octanol–water partition coefficient (Wildman–Crippen LogP) is 3.24. The SMILES string of the molecule is COc1ccc(OC2CCN(S(=O)(=O)c3cccc(C)c3)CC2)cc1. The zero-order valence-corrected chi connectivity index (χ0v) is 15.3. The van der Waals surface area contributed by atoms with Crippen LogP contribution in [0.5, 0.6) is 11.5 Å². The second kappa shape index (κ2) is 7.45. The van der Waals surface area contributed by atoms with Gasteiger partial charge in [0.15, 0.2) is 0 Å². The molecule has 0 atom stereocenters. The number of nitrogens with zero attached hydrogens (tertiary/aromatic N) is 1. The van der Waals surface area contributed by atoms with E-state index in [-0.39, 0.29) is 6.10 Å². The first-order valence-electron chi connectivity index (χ1n) is 8.36. The quantitative estimate of drug-likeness (QED) is 0.820. The minimum Gasteiger partial charge on any atom is -0.497 e. The van der Waals surface area contributed by atoms with Gasteiger partial charge in [0, 0.05) is 13.1 Å². The second-order valence-electron chi connectivity index (χ2n) is 6.21. The molecule has 0 radical (unpaired) electrons. The van der Waals surface area contributed by atoms with Crippen molar-refractivity contribution < 1.29 is 17.9 Å². The molecule has 2 aromatic rings. The summed E-state index contributed by atoms with van der Waals surface area (Å²) in [5, 5.41) is 0. The molecule has 1 saturated heterocycles. The fourth-order valence-electron chi connectivity index (χ4n) is 2.96. The molecule has 0 amide bonds. The zero-order chi connectivity index (χ0) is 17.9. The third-order valence-corrected chi connectivity index (χ3v) is 6.29. The van der Waals surface area contributed by atoms with E-state index in [0.29, 0.717) is 30.8 Å².